The van der Waals surface area contributed by atoms with E-state index in [4.69, 9.17) is 17.3 Å². The molecule has 6 aromatic carbocycles. The maximum atomic E-state index is 14.3. The molecule has 9 rings (SSSR count). The number of hydrogen-bond acceptors (Lipinski definition) is 5. The van der Waals surface area contributed by atoms with Crippen LogP contribution in [0.1, 0.15) is 28.7 Å². The lowest BCUT2D eigenvalue weighted by atomic mass is 9.84. The van der Waals surface area contributed by atoms with Crippen LogP contribution in [0, 0.1) is 12.7 Å². The number of aryl methyl sites for hydroxylation is 2. The zero-order chi connectivity index (χ0) is 40.3. The normalized spacial score (nSPS) is 12.8. The van der Waals surface area contributed by atoms with Crippen LogP contribution < -0.4 is 11.1 Å². The van der Waals surface area contributed by atoms with Crippen LogP contribution in [0.3, 0.4) is 0 Å². The molecule has 0 saturated heterocycles. The Hall–Kier alpha value is -4.87. The van der Waals surface area contributed by atoms with Crippen LogP contribution in [-0.4, -0.2) is 27.0 Å². The maximum absolute atomic E-state index is 14.3. The summed E-state index contributed by atoms with van der Waals surface area (Å²) >= 11 is 11.9. The van der Waals surface area contributed by atoms with Crippen molar-refractivity contribution in [3.8, 4) is 0 Å². The standard InChI is InChI=1S/C49H43ClFN5S3/c1-31-10-8-15-39-47(31)45(28-54-39)59-43-19-7-4-13-34(43)26-56-49(30-52,25-33-12-3-6-18-42(33)58-46-29-55-40-16-9-14-37(50)48(40)46)23-22-32-11-2-5-17-41(32)57-44-27-53-38-21-20-35(51)24-36(38)44/h2-21,24,27-29,53-56H,22-23,25-26,30,52H2,1H3. The molecule has 0 amide bonds. The first-order valence-corrected chi connectivity index (χ1v) is 22.5. The molecule has 6 N–H and O–H groups in total. The second-order valence-electron chi connectivity index (χ2n) is 15.0. The van der Waals surface area contributed by atoms with Crippen molar-refractivity contribution in [2.45, 2.75) is 67.6 Å². The Morgan fingerprint density at radius 3 is 1.93 bits per heavy atom. The second kappa shape index (κ2) is 17.4. The van der Waals surface area contributed by atoms with Gasteiger partial charge in [0, 0.05) is 99.3 Å². The van der Waals surface area contributed by atoms with Crippen LogP contribution >= 0.6 is 46.9 Å². The minimum absolute atomic E-state index is 0.242. The topological polar surface area (TPSA) is 85.4 Å². The van der Waals surface area contributed by atoms with Gasteiger partial charge in [0.15, 0.2) is 0 Å². The van der Waals surface area contributed by atoms with Crippen molar-refractivity contribution in [3.63, 3.8) is 0 Å². The molecule has 10 heteroatoms. The van der Waals surface area contributed by atoms with E-state index in [-0.39, 0.29) is 5.82 Å². The van der Waals surface area contributed by atoms with Crippen molar-refractivity contribution >= 4 is 79.6 Å². The van der Waals surface area contributed by atoms with Crippen LogP contribution in [0.4, 0.5) is 4.39 Å². The van der Waals surface area contributed by atoms with Gasteiger partial charge in [-0.15, -0.1) is 0 Å². The van der Waals surface area contributed by atoms with Crippen molar-refractivity contribution in [2.24, 2.45) is 5.73 Å². The highest BCUT2D eigenvalue weighted by molar-refractivity contribution is 8.00. The summed E-state index contributed by atoms with van der Waals surface area (Å²) in [6.45, 7) is 3.24. The highest BCUT2D eigenvalue weighted by Crippen LogP contribution is 2.41. The molecule has 0 bridgehead atoms. The summed E-state index contributed by atoms with van der Waals surface area (Å²) < 4.78 is 14.3. The Morgan fingerprint density at radius 1 is 0.610 bits per heavy atom. The molecule has 0 aliphatic carbocycles. The molecule has 1 unspecified atom stereocenters. The molecule has 0 spiro atoms. The molecule has 0 saturated carbocycles. The number of hydrogen-bond donors (Lipinski definition) is 5. The number of fused-ring (bicyclic) bond motifs is 3. The first-order valence-electron chi connectivity index (χ1n) is 19.7. The van der Waals surface area contributed by atoms with Gasteiger partial charge in [-0.25, -0.2) is 4.39 Å². The van der Waals surface area contributed by atoms with Crippen molar-refractivity contribution < 1.29 is 4.39 Å². The van der Waals surface area contributed by atoms with E-state index in [1.165, 1.54) is 48.4 Å². The third-order valence-corrected chi connectivity index (χ3v) is 14.9. The van der Waals surface area contributed by atoms with Gasteiger partial charge >= 0.3 is 0 Å². The van der Waals surface area contributed by atoms with Crippen molar-refractivity contribution in [1.82, 2.24) is 20.3 Å². The maximum Gasteiger partial charge on any atom is 0.123 e. The summed E-state index contributed by atoms with van der Waals surface area (Å²) in [5.74, 6) is -0.242. The highest BCUT2D eigenvalue weighted by Gasteiger charge is 2.30. The fraction of sp³-hybridized carbons (Fsp3) is 0.143. The largest absolute Gasteiger partial charge is 0.360 e. The molecular weight excluding hydrogens is 809 g/mol. The van der Waals surface area contributed by atoms with Gasteiger partial charge < -0.3 is 26.0 Å². The Labute approximate surface area is 361 Å². The van der Waals surface area contributed by atoms with E-state index >= 15 is 0 Å². The number of nitrogens with one attached hydrogen (secondary N) is 4. The lowest BCUT2D eigenvalue weighted by Crippen LogP contribution is -2.53. The monoisotopic (exact) mass is 851 g/mol. The summed E-state index contributed by atoms with van der Waals surface area (Å²) in [5.41, 5.74) is 14.5. The number of aromatic amines is 3. The average molecular weight is 853 g/mol. The quantitative estimate of drug-likeness (QED) is 0.0709. The Morgan fingerprint density at radius 2 is 1.19 bits per heavy atom. The molecule has 296 valence electrons. The zero-order valence-corrected chi connectivity index (χ0v) is 35.7. The Kier molecular flexibility index (Phi) is 11.7. The minimum atomic E-state index is -0.467. The summed E-state index contributed by atoms with van der Waals surface area (Å²) in [4.78, 5) is 17.0. The lowest BCUT2D eigenvalue weighted by Gasteiger charge is -2.35. The number of rotatable bonds is 15. The van der Waals surface area contributed by atoms with E-state index < -0.39 is 5.54 Å². The molecule has 0 aliphatic heterocycles. The van der Waals surface area contributed by atoms with Crippen molar-refractivity contribution in [2.75, 3.05) is 6.54 Å². The van der Waals surface area contributed by atoms with Gasteiger partial charge in [-0.2, -0.15) is 0 Å². The number of nitrogens with two attached hydrogens (primary N) is 1. The molecule has 59 heavy (non-hydrogen) atoms. The van der Waals surface area contributed by atoms with E-state index in [2.05, 4.69) is 130 Å². The van der Waals surface area contributed by atoms with Gasteiger partial charge in [-0.3, -0.25) is 0 Å². The molecule has 3 aromatic heterocycles. The molecule has 5 nitrogen and oxygen atoms in total. The van der Waals surface area contributed by atoms with Gasteiger partial charge in [-0.1, -0.05) is 120 Å². The summed E-state index contributed by atoms with van der Waals surface area (Å²) in [7, 11) is 0. The SMILES string of the molecule is Cc1cccc2[nH]cc(Sc3ccccc3CNC(CN)(CCc3ccccc3Sc3c[nH]c4ccc(F)cc34)Cc3ccccc3Sc3c[nH]c4cccc(Cl)c34)c12. The van der Waals surface area contributed by atoms with Gasteiger partial charge in [0.25, 0.3) is 0 Å². The molecule has 3 heterocycles. The van der Waals surface area contributed by atoms with Gasteiger partial charge in [-0.05, 0) is 103 Å². The van der Waals surface area contributed by atoms with Crippen molar-refractivity contribution in [1.29, 1.82) is 0 Å². The summed E-state index contributed by atoms with van der Waals surface area (Å²) in [5, 5.41) is 7.98. The van der Waals surface area contributed by atoms with E-state index in [0.717, 1.165) is 66.3 Å². The predicted octanol–water partition coefficient (Wildman–Crippen LogP) is 13.3. The molecule has 0 fully saturated rings. The first-order chi connectivity index (χ1) is 28.9. The molecule has 0 aliphatic rings. The minimum Gasteiger partial charge on any atom is -0.360 e. The number of benzene rings is 6. The Bertz CT molecular complexity index is 2920. The molecule has 0 radical (unpaired) electrons. The number of halogens is 2. The van der Waals surface area contributed by atoms with Gasteiger partial charge in [0.1, 0.15) is 5.82 Å². The first kappa shape index (κ1) is 39.6. The fourth-order valence-corrected chi connectivity index (χ4v) is 11.6. The van der Waals surface area contributed by atoms with Gasteiger partial charge in [0.2, 0.25) is 0 Å². The molecule has 1 atom stereocenters. The van der Waals surface area contributed by atoms with Crippen LogP contribution in [0.2, 0.25) is 5.02 Å². The average Bonchev–Trinajstić information content (AvgIpc) is 3.98. The van der Waals surface area contributed by atoms with E-state index in [0.29, 0.717) is 13.1 Å². The second-order valence-corrected chi connectivity index (χ2v) is 18.6. The third-order valence-electron chi connectivity index (χ3n) is 11.1. The van der Waals surface area contributed by atoms with Gasteiger partial charge in [0.05, 0.1) is 5.02 Å². The van der Waals surface area contributed by atoms with Crippen LogP contribution in [0.5, 0.6) is 0 Å². The predicted molar refractivity (Wildman–Crippen MR) is 247 cm³/mol. The third kappa shape index (κ3) is 8.46. The molecular formula is C49H43ClFN5S3. The van der Waals surface area contributed by atoms with E-state index in [9.17, 15) is 4.39 Å². The highest BCUT2D eigenvalue weighted by atomic mass is 35.5. The number of aromatic nitrogens is 3. The lowest BCUT2D eigenvalue weighted by molar-refractivity contribution is 0.301. The van der Waals surface area contributed by atoms with E-state index in [1.54, 1.807) is 47.4 Å². The Balaban J connectivity index is 1.04. The van der Waals surface area contributed by atoms with Crippen LogP contribution in [-0.2, 0) is 19.4 Å². The summed E-state index contributed by atoms with van der Waals surface area (Å²) in [6.07, 6.45) is 8.44. The van der Waals surface area contributed by atoms with Crippen LogP contribution in [0.15, 0.2) is 175 Å². The molecule has 9 aromatic rings. The fourth-order valence-electron chi connectivity index (χ4n) is 7.92. The summed E-state index contributed by atoms with van der Waals surface area (Å²) in [6, 6.07) is 43.1. The van der Waals surface area contributed by atoms with Crippen LogP contribution in [0.25, 0.3) is 32.7 Å². The van der Waals surface area contributed by atoms with Crippen molar-refractivity contribution in [3.05, 3.63) is 179 Å². The smallest absolute Gasteiger partial charge is 0.123 e. The number of H-pyrrole nitrogens is 3. The van der Waals surface area contributed by atoms with E-state index in [1.807, 2.05) is 24.5 Å². The zero-order valence-electron chi connectivity index (χ0n) is 32.4.